The Kier molecular flexibility index (Phi) is 9.29. The zero-order chi connectivity index (χ0) is 15.6. The molecule has 0 unspecified atom stereocenters. The molecule has 120 valence electrons. The van der Waals surface area contributed by atoms with Crippen molar-refractivity contribution < 1.29 is 18.1 Å². The van der Waals surface area contributed by atoms with Crippen molar-refractivity contribution in [1.82, 2.24) is 5.32 Å². The van der Waals surface area contributed by atoms with Crippen molar-refractivity contribution in [2.75, 3.05) is 27.9 Å². The first-order valence-electron chi connectivity index (χ1n) is 7.21. The van der Waals surface area contributed by atoms with E-state index in [0.717, 1.165) is 38.3 Å². The Balaban J connectivity index is 3.99. The molecule has 0 fully saturated rings. The summed E-state index contributed by atoms with van der Waals surface area (Å²) >= 11 is 0. The minimum Gasteiger partial charge on any atom is -0.377 e. The quantitative estimate of drug-likeness (QED) is 0.471. The van der Waals surface area contributed by atoms with Crippen LogP contribution in [0.15, 0.2) is 0 Å². The smallest absolute Gasteiger partial charge is 0.377 e. The lowest BCUT2D eigenvalue weighted by Crippen LogP contribution is -2.42. The van der Waals surface area contributed by atoms with Crippen molar-refractivity contribution in [3.8, 4) is 0 Å². The lowest BCUT2D eigenvalue weighted by molar-refractivity contribution is -0.118. The van der Waals surface area contributed by atoms with Crippen LogP contribution in [0.25, 0.3) is 0 Å². The molecule has 6 heteroatoms. The standard InChI is InChI=1S/C14H31NO4Si/c1-13(16)15-11-7-9-14(2,3)10-8-12-20(17-4,18-5)19-6/h7-12H2,1-6H3,(H,15,16). The van der Waals surface area contributed by atoms with E-state index < -0.39 is 8.80 Å². The van der Waals surface area contributed by atoms with Gasteiger partial charge in [-0.15, -0.1) is 0 Å². The Morgan fingerprint density at radius 1 is 1.05 bits per heavy atom. The summed E-state index contributed by atoms with van der Waals surface area (Å²) in [6, 6.07) is 0.839. The van der Waals surface area contributed by atoms with E-state index in [4.69, 9.17) is 13.3 Å². The van der Waals surface area contributed by atoms with Gasteiger partial charge in [-0.25, -0.2) is 0 Å². The van der Waals surface area contributed by atoms with Crippen LogP contribution >= 0.6 is 0 Å². The average molecular weight is 305 g/mol. The summed E-state index contributed by atoms with van der Waals surface area (Å²) in [5.41, 5.74) is 0.258. The van der Waals surface area contributed by atoms with Gasteiger partial charge < -0.3 is 18.6 Å². The molecule has 0 rings (SSSR count). The molecule has 0 aliphatic carbocycles. The van der Waals surface area contributed by atoms with Crippen molar-refractivity contribution in [2.24, 2.45) is 5.41 Å². The molecule has 0 saturated heterocycles. The summed E-state index contributed by atoms with van der Waals surface area (Å²) in [4.78, 5) is 10.8. The largest absolute Gasteiger partial charge is 0.500 e. The van der Waals surface area contributed by atoms with E-state index in [1.165, 1.54) is 0 Å². The minimum absolute atomic E-state index is 0.0406. The minimum atomic E-state index is -2.43. The highest BCUT2D eigenvalue weighted by atomic mass is 28.4. The van der Waals surface area contributed by atoms with E-state index in [0.29, 0.717) is 0 Å². The van der Waals surface area contributed by atoms with Crippen LogP contribution in [-0.2, 0) is 18.1 Å². The predicted molar refractivity (Wildman–Crippen MR) is 82.5 cm³/mol. The van der Waals surface area contributed by atoms with Gasteiger partial charge >= 0.3 is 8.80 Å². The van der Waals surface area contributed by atoms with E-state index in [1.807, 2.05) is 0 Å². The SMILES string of the molecule is CO[Si](CCCC(C)(C)CCCNC(C)=O)(OC)OC. The Morgan fingerprint density at radius 2 is 1.55 bits per heavy atom. The maximum Gasteiger partial charge on any atom is 0.500 e. The van der Waals surface area contributed by atoms with E-state index in [-0.39, 0.29) is 11.3 Å². The van der Waals surface area contributed by atoms with Crippen LogP contribution in [0.2, 0.25) is 6.04 Å². The Hall–Kier alpha value is -0.433. The summed E-state index contributed by atoms with van der Waals surface area (Å²) in [5.74, 6) is 0.0406. The highest BCUT2D eigenvalue weighted by Crippen LogP contribution is 2.30. The Bertz CT molecular complexity index is 272. The molecule has 0 spiro atoms. The zero-order valence-corrected chi connectivity index (χ0v) is 14.9. The van der Waals surface area contributed by atoms with E-state index >= 15 is 0 Å². The third-order valence-corrected chi connectivity index (χ3v) is 6.51. The fourth-order valence-electron chi connectivity index (χ4n) is 2.30. The molecule has 1 N–H and O–H groups in total. The van der Waals surface area contributed by atoms with Crippen LogP contribution in [-0.4, -0.2) is 42.6 Å². The second kappa shape index (κ2) is 9.49. The maximum atomic E-state index is 10.8. The molecule has 0 aromatic heterocycles. The average Bonchev–Trinajstić information content (AvgIpc) is 2.40. The van der Waals surface area contributed by atoms with Gasteiger partial charge in [0.05, 0.1) is 0 Å². The number of amides is 1. The van der Waals surface area contributed by atoms with Crippen LogP contribution in [0.1, 0.15) is 46.5 Å². The first kappa shape index (κ1) is 19.6. The van der Waals surface area contributed by atoms with Gasteiger partial charge in [-0.2, -0.15) is 0 Å². The maximum absolute atomic E-state index is 10.8. The van der Waals surface area contributed by atoms with Crippen molar-refractivity contribution in [1.29, 1.82) is 0 Å². The second-order valence-electron chi connectivity index (χ2n) is 5.90. The third-order valence-electron chi connectivity index (χ3n) is 3.67. The van der Waals surface area contributed by atoms with E-state index in [1.54, 1.807) is 28.3 Å². The fourth-order valence-corrected chi connectivity index (χ4v) is 4.02. The Labute approximate surface area is 124 Å². The molecule has 0 aromatic rings. The number of nitrogens with one attached hydrogen (secondary N) is 1. The fraction of sp³-hybridized carbons (Fsp3) is 0.929. The lowest BCUT2D eigenvalue weighted by Gasteiger charge is -2.28. The van der Waals surface area contributed by atoms with Crippen LogP contribution in [0.5, 0.6) is 0 Å². The van der Waals surface area contributed by atoms with Crippen LogP contribution in [0.3, 0.4) is 0 Å². The van der Waals surface area contributed by atoms with Gasteiger partial charge in [0.2, 0.25) is 5.91 Å². The summed E-state index contributed by atoms with van der Waals surface area (Å²) in [6.07, 6.45) is 4.22. The zero-order valence-electron chi connectivity index (χ0n) is 13.9. The van der Waals surface area contributed by atoms with E-state index in [9.17, 15) is 4.79 Å². The first-order chi connectivity index (χ1) is 9.31. The molecular formula is C14H31NO4Si. The summed E-state index contributed by atoms with van der Waals surface area (Å²) < 4.78 is 16.3. The molecule has 0 aliphatic rings. The summed E-state index contributed by atoms with van der Waals surface area (Å²) in [6.45, 7) is 6.83. The number of hydrogen-bond acceptors (Lipinski definition) is 4. The monoisotopic (exact) mass is 305 g/mol. The van der Waals surface area contributed by atoms with Gasteiger partial charge in [-0.3, -0.25) is 4.79 Å². The first-order valence-corrected chi connectivity index (χ1v) is 9.14. The molecular weight excluding hydrogens is 274 g/mol. The van der Waals surface area contributed by atoms with Gasteiger partial charge in [-0.05, 0) is 31.1 Å². The molecule has 0 saturated carbocycles. The van der Waals surface area contributed by atoms with Crippen molar-refractivity contribution in [3.05, 3.63) is 0 Å². The number of carbonyl (C=O) groups is 1. The molecule has 0 atom stereocenters. The van der Waals surface area contributed by atoms with Gasteiger partial charge in [0.1, 0.15) is 0 Å². The molecule has 0 aromatic carbocycles. The molecule has 1 amide bonds. The lowest BCUT2D eigenvalue weighted by atomic mass is 9.83. The van der Waals surface area contributed by atoms with Crippen molar-refractivity contribution >= 4 is 14.7 Å². The number of rotatable bonds is 11. The second-order valence-corrected chi connectivity index (χ2v) is 8.99. The van der Waals surface area contributed by atoms with Gasteiger partial charge in [0.25, 0.3) is 0 Å². The number of hydrogen-bond donors (Lipinski definition) is 1. The Morgan fingerprint density at radius 3 is 2.00 bits per heavy atom. The summed E-state index contributed by atoms with van der Waals surface area (Å²) in [5, 5.41) is 2.83. The third kappa shape index (κ3) is 7.99. The van der Waals surface area contributed by atoms with Crippen LogP contribution in [0, 0.1) is 5.41 Å². The van der Waals surface area contributed by atoms with Crippen LogP contribution < -0.4 is 5.32 Å². The molecule has 20 heavy (non-hydrogen) atoms. The molecule has 5 nitrogen and oxygen atoms in total. The van der Waals surface area contributed by atoms with Gasteiger partial charge in [0, 0.05) is 40.8 Å². The highest BCUT2D eigenvalue weighted by Gasteiger charge is 2.37. The van der Waals surface area contributed by atoms with Gasteiger partial charge in [0.15, 0.2) is 0 Å². The number of carbonyl (C=O) groups excluding carboxylic acids is 1. The highest BCUT2D eigenvalue weighted by molar-refractivity contribution is 6.60. The van der Waals surface area contributed by atoms with Crippen molar-refractivity contribution in [3.63, 3.8) is 0 Å². The molecule has 0 bridgehead atoms. The molecule has 0 heterocycles. The topological polar surface area (TPSA) is 56.8 Å². The van der Waals surface area contributed by atoms with E-state index in [2.05, 4.69) is 19.2 Å². The molecule has 0 aliphatic heterocycles. The van der Waals surface area contributed by atoms with Crippen LogP contribution in [0.4, 0.5) is 0 Å². The predicted octanol–water partition coefficient (Wildman–Crippen LogP) is 2.59. The molecule has 0 radical (unpaired) electrons. The summed E-state index contributed by atoms with van der Waals surface area (Å²) in [7, 11) is 2.52. The van der Waals surface area contributed by atoms with Crippen molar-refractivity contribution in [2.45, 2.75) is 52.5 Å². The normalized spacial score (nSPS) is 12.5. The van der Waals surface area contributed by atoms with Gasteiger partial charge in [-0.1, -0.05) is 13.8 Å².